The van der Waals surface area contributed by atoms with Crippen molar-refractivity contribution in [3.05, 3.63) is 78.9 Å². The van der Waals surface area contributed by atoms with Crippen LogP contribution in [0.1, 0.15) is 13.8 Å². The third-order valence-corrected chi connectivity index (χ3v) is 6.84. The van der Waals surface area contributed by atoms with Crippen LogP contribution < -0.4 is 18.7 Å². The number of benzene rings is 3. The van der Waals surface area contributed by atoms with Crippen LogP contribution in [0.25, 0.3) is 0 Å². The zero-order valence-electron chi connectivity index (χ0n) is 19.0. The van der Waals surface area contributed by atoms with Crippen LogP contribution >= 0.6 is 0 Å². The van der Waals surface area contributed by atoms with Crippen LogP contribution in [0.5, 0.6) is 11.5 Å². The molecule has 1 amide bonds. The van der Waals surface area contributed by atoms with Gasteiger partial charge in [0.2, 0.25) is 0 Å². The summed E-state index contributed by atoms with van der Waals surface area (Å²) in [6, 6.07) is 22.3. The summed E-state index contributed by atoms with van der Waals surface area (Å²) >= 11 is 0. The van der Waals surface area contributed by atoms with Crippen molar-refractivity contribution in [3.8, 4) is 11.5 Å². The molecule has 0 aliphatic carbocycles. The van der Waals surface area contributed by atoms with Gasteiger partial charge in [0.05, 0.1) is 17.2 Å². The highest BCUT2D eigenvalue weighted by Gasteiger charge is 2.21. The summed E-state index contributed by atoms with van der Waals surface area (Å²) < 4.78 is 38.1. The van der Waals surface area contributed by atoms with Gasteiger partial charge in [-0.25, -0.2) is 8.42 Å². The first-order valence-electron chi connectivity index (χ1n) is 10.7. The molecule has 0 saturated carbocycles. The maximum absolute atomic E-state index is 12.9. The van der Waals surface area contributed by atoms with Crippen LogP contribution in [0.3, 0.4) is 0 Å². The molecule has 8 heteroatoms. The SMILES string of the molecule is CCOc1ccc(S(=O)(=O)N(C)c2ccc(OCC(=O)N(CC)c3ccccc3)cc2)cc1. The molecule has 0 fully saturated rings. The van der Waals surface area contributed by atoms with E-state index in [1.807, 2.05) is 44.2 Å². The van der Waals surface area contributed by atoms with Gasteiger partial charge in [0, 0.05) is 19.3 Å². The van der Waals surface area contributed by atoms with Gasteiger partial charge in [-0.15, -0.1) is 0 Å². The molecule has 0 bridgehead atoms. The van der Waals surface area contributed by atoms with Crippen molar-refractivity contribution >= 4 is 27.3 Å². The quantitative estimate of drug-likeness (QED) is 0.442. The van der Waals surface area contributed by atoms with Crippen molar-refractivity contribution in [2.24, 2.45) is 0 Å². The van der Waals surface area contributed by atoms with Crippen LogP contribution in [0.15, 0.2) is 83.8 Å². The summed E-state index contributed by atoms with van der Waals surface area (Å²) in [5, 5.41) is 0. The number of anilines is 2. The topological polar surface area (TPSA) is 76.1 Å². The zero-order valence-corrected chi connectivity index (χ0v) is 19.8. The van der Waals surface area contributed by atoms with E-state index in [9.17, 15) is 13.2 Å². The Balaban J connectivity index is 1.65. The molecular formula is C25H28N2O5S. The summed E-state index contributed by atoms with van der Waals surface area (Å²) in [4.78, 5) is 14.4. The largest absolute Gasteiger partial charge is 0.494 e. The molecule has 0 spiro atoms. The number of para-hydroxylation sites is 1. The lowest BCUT2D eigenvalue weighted by molar-refractivity contribution is -0.120. The summed E-state index contributed by atoms with van der Waals surface area (Å²) in [5.41, 5.74) is 1.28. The van der Waals surface area contributed by atoms with Gasteiger partial charge in [-0.1, -0.05) is 18.2 Å². The molecule has 0 unspecified atom stereocenters. The van der Waals surface area contributed by atoms with Crippen molar-refractivity contribution in [1.29, 1.82) is 0 Å². The number of likely N-dealkylation sites (N-methyl/N-ethyl adjacent to an activating group) is 1. The standard InChI is InChI=1S/C25H28N2O5S/c1-4-27(21-9-7-6-8-10-21)25(28)19-32-23-13-11-20(12-14-23)26(3)33(29,30)24-17-15-22(16-18-24)31-5-2/h6-18H,4-5,19H2,1-3H3. The minimum Gasteiger partial charge on any atom is -0.494 e. The lowest BCUT2D eigenvalue weighted by Gasteiger charge is -2.21. The van der Waals surface area contributed by atoms with E-state index in [1.54, 1.807) is 41.3 Å². The molecule has 0 aliphatic rings. The molecule has 3 rings (SSSR count). The van der Waals surface area contributed by atoms with E-state index >= 15 is 0 Å². The van der Waals surface area contributed by atoms with E-state index in [-0.39, 0.29) is 17.4 Å². The minimum atomic E-state index is -3.73. The second kappa shape index (κ2) is 10.9. The molecule has 0 atom stereocenters. The number of ether oxygens (including phenoxy) is 2. The van der Waals surface area contributed by atoms with Crippen LogP contribution in [-0.2, 0) is 14.8 Å². The Kier molecular flexibility index (Phi) is 7.95. The Morgan fingerprint density at radius 3 is 1.94 bits per heavy atom. The highest BCUT2D eigenvalue weighted by atomic mass is 32.2. The Labute approximate surface area is 195 Å². The van der Waals surface area contributed by atoms with Crippen molar-refractivity contribution in [2.45, 2.75) is 18.7 Å². The number of amides is 1. The first-order chi connectivity index (χ1) is 15.9. The Hall–Kier alpha value is -3.52. The van der Waals surface area contributed by atoms with Crippen LogP contribution in [-0.4, -0.2) is 41.1 Å². The first kappa shape index (κ1) is 24.1. The average Bonchev–Trinajstić information content (AvgIpc) is 2.84. The summed E-state index contributed by atoms with van der Waals surface area (Å²) in [5.74, 6) is 0.926. The Bertz CT molecular complexity index is 1150. The van der Waals surface area contributed by atoms with E-state index in [4.69, 9.17) is 9.47 Å². The van der Waals surface area contributed by atoms with Gasteiger partial charge in [0.1, 0.15) is 11.5 Å². The number of nitrogens with zero attached hydrogens (tertiary/aromatic N) is 2. The zero-order chi connectivity index (χ0) is 23.8. The first-order valence-corrected chi connectivity index (χ1v) is 12.1. The third kappa shape index (κ3) is 5.84. The van der Waals surface area contributed by atoms with Crippen molar-refractivity contribution in [3.63, 3.8) is 0 Å². The number of carbonyl (C=O) groups excluding carboxylic acids is 1. The van der Waals surface area contributed by atoms with Crippen molar-refractivity contribution in [2.75, 3.05) is 36.0 Å². The van der Waals surface area contributed by atoms with E-state index in [2.05, 4.69) is 0 Å². The molecule has 3 aromatic rings. The Morgan fingerprint density at radius 1 is 0.788 bits per heavy atom. The predicted octanol–water partition coefficient (Wildman–Crippen LogP) is 4.34. The van der Waals surface area contributed by atoms with Crippen molar-refractivity contribution < 1.29 is 22.7 Å². The molecular weight excluding hydrogens is 440 g/mol. The van der Waals surface area contributed by atoms with Gasteiger partial charge in [-0.3, -0.25) is 9.10 Å². The van der Waals surface area contributed by atoms with Crippen molar-refractivity contribution in [1.82, 2.24) is 0 Å². The molecule has 7 nitrogen and oxygen atoms in total. The number of rotatable bonds is 10. The van der Waals surface area contributed by atoms with Gasteiger partial charge in [-0.2, -0.15) is 0 Å². The fourth-order valence-corrected chi connectivity index (χ4v) is 4.45. The lowest BCUT2D eigenvalue weighted by atomic mass is 10.3. The molecule has 3 aromatic carbocycles. The molecule has 0 N–H and O–H groups in total. The third-order valence-electron chi connectivity index (χ3n) is 5.04. The average molecular weight is 469 g/mol. The number of sulfonamides is 1. The summed E-state index contributed by atoms with van der Waals surface area (Å²) in [6.07, 6.45) is 0. The molecule has 0 aromatic heterocycles. The highest BCUT2D eigenvalue weighted by Crippen LogP contribution is 2.25. The minimum absolute atomic E-state index is 0.123. The molecule has 0 radical (unpaired) electrons. The second-order valence-corrected chi connectivity index (χ2v) is 9.10. The Morgan fingerprint density at radius 2 is 1.36 bits per heavy atom. The number of carbonyl (C=O) groups is 1. The van der Waals surface area contributed by atoms with E-state index < -0.39 is 10.0 Å². The van der Waals surface area contributed by atoms with Gasteiger partial charge in [0.25, 0.3) is 15.9 Å². The molecule has 0 saturated heterocycles. The van der Waals surface area contributed by atoms with E-state index in [0.29, 0.717) is 30.3 Å². The van der Waals surface area contributed by atoms with Gasteiger partial charge < -0.3 is 14.4 Å². The maximum atomic E-state index is 12.9. The van der Waals surface area contributed by atoms with Gasteiger partial charge >= 0.3 is 0 Å². The monoisotopic (exact) mass is 468 g/mol. The molecule has 0 heterocycles. The fourth-order valence-electron chi connectivity index (χ4n) is 3.26. The van der Waals surface area contributed by atoms with Crippen LogP contribution in [0, 0.1) is 0 Å². The highest BCUT2D eigenvalue weighted by molar-refractivity contribution is 7.92. The molecule has 33 heavy (non-hydrogen) atoms. The smallest absolute Gasteiger partial charge is 0.264 e. The van der Waals surface area contributed by atoms with Crippen LogP contribution in [0.2, 0.25) is 0 Å². The summed E-state index contributed by atoms with van der Waals surface area (Å²) in [7, 11) is -2.24. The summed E-state index contributed by atoms with van der Waals surface area (Å²) in [6.45, 7) is 4.68. The number of hydrogen-bond acceptors (Lipinski definition) is 5. The van der Waals surface area contributed by atoms with Gasteiger partial charge in [-0.05, 0) is 74.5 Å². The van der Waals surface area contributed by atoms with Gasteiger partial charge in [0.15, 0.2) is 6.61 Å². The molecule has 174 valence electrons. The normalized spacial score (nSPS) is 11.0. The van der Waals surface area contributed by atoms with E-state index in [1.165, 1.54) is 23.5 Å². The molecule has 0 aliphatic heterocycles. The van der Waals surface area contributed by atoms with E-state index in [0.717, 1.165) is 5.69 Å². The maximum Gasteiger partial charge on any atom is 0.264 e. The second-order valence-electron chi connectivity index (χ2n) is 7.13. The predicted molar refractivity (Wildman–Crippen MR) is 130 cm³/mol. The lowest BCUT2D eigenvalue weighted by Crippen LogP contribution is -2.34. The number of hydrogen-bond donors (Lipinski definition) is 0. The fraction of sp³-hybridized carbons (Fsp3) is 0.240. The van der Waals surface area contributed by atoms with Crippen LogP contribution in [0.4, 0.5) is 11.4 Å².